The maximum absolute atomic E-state index is 11.8. The molecule has 0 saturated carbocycles. The molecule has 2 aromatic heterocycles. The molecule has 0 spiro atoms. The van der Waals surface area contributed by atoms with Gasteiger partial charge in [-0.05, 0) is 13.8 Å². The highest BCUT2D eigenvalue weighted by Gasteiger charge is 2.11. The van der Waals surface area contributed by atoms with E-state index in [9.17, 15) is 4.79 Å². The van der Waals surface area contributed by atoms with Gasteiger partial charge < -0.3 is 11.1 Å². The van der Waals surface area contributed by atoms with Gasteiger partial charge in [-0.3, -0.25) is 14.5 Å². The Morgan fingerprint density at radius 3 is 2.78 bits per heavy atom. The fourth-order valence-electron chi connectivity index (χ4n) is 1.55. The second-order valence-electron chi connectivity index (χ2n) is 3.88. The molecule has 0 aromatic carbocycles. The minimum atomic E-state index is -0.221. The summed E-state index contributed by atoms with van der Waals surface area (Å²) in [5.74, 6) is 0.193. The van der Waals surface area contributed by atoms with Crippen LogP contribution in [0, 0.1) is 13.8 Å². The molecule has 0 saturated heterocycles. The Bertz CT molecular complexity index is 562. The van der Waals surface area contributed by atoms with Crippen LogP contribution < -0.4 is 11.1 Å². The number of amides is 1. The third-order valence-electron chi connectivity index (χ3n) is 2.56. The Balaban J connectivity index is 2.06. The van der Waals surface area contributed by atoms with Crippen molar-refractivity contribution in [3.05, 3.63) is 30.0 Å². The normalized spacial score (nSPS) is 10.3. The molecule has 0 atom stereocenters. The lowest BCUT2D eigenvalue weighted by molar-refractivity contribution is -0.117. The van der Waals surface area contributed by atoms with Crippen LogP contribution in [0.3, 0.4) is 0 Å². The van der Waals surface area contributed by atoms with Crippen LogP contribution in [0.25, 0.3) is 0 Å². The molecule has 0 aliphatic heterocycles. The fraction of sp³-hybridized carbons (Fsp3) is 0.273. The zero-order valence-corrected chi connectivity index (χ0v) is 10.2. The number of nitrogen functional groups attached to an aromatic ring is 1. The number of nitrogens with one attached hydrogen (secondary N) is 1. The van der Waals surface area contributed by atoms with Crippen molar-refractivity contribution < 1.29 is 4.79 Å². The first-order chi connectivity index (χ1) is 8.58. The summed E-state index contributed by atoms with van der Waals surface area (Å²) in [7, 11) is 0. The van der Waals surface area contributed by atoms with E-state index in [0.717, 1.165) is 11.4 Å². The molecule has 0 aliphatic carbocycles. The van der Waals surface area contributed by atoms with E-state index in [0.29, 0.717) is 11.5 Å². The number of carbonyl (C=O) groups is 1. The van der Waals surface area contributed by atoms with Crippen LogP contribution in [0.2, 0.25) is 0 Å². The van der Waals surface area contributed by atoms with E-state index in [1.54, 1.807) is 11.6 Å². The van der Waals surface area contributed by atoms with Crippen LogP contribution in [-0.2, 0) is 11.3 Å². The van der Waals surface area contributed by atoms with Gasteiger partial charge in [0.1, 0.15) is 6.54 Å². The van der Waals surface area contributed by atoms with Gasteiger partial charge in [0.05, 0.1) is 23.3 Å². The summed E-state index contributed by atoms with van der Waals surface area (Å²) in [6, 6.07) is 0. The Morgan fingerprint density at radius 1 is 1.44 bits per heavy atom. The van der Waals surface area contributed by atoms with Crippen molar-refractivity contribution in [2.45, 2.75) is 20.4 Å². The molecule has 2 heterocycles. The first-order valence-electron chi connectivity index (χ1n) is 5.43. The molecule has 0 unspecified atom stereocenters. The summed E-state index contributed by atoms with van der Waals surface area (Å²) in [5, 5.41) is 6.82. The van der Waals surface area contributed by atoms with Crippen molar-refractivity contribution in [1.29, 1.82) is 0 Å². The van der Waals surface area contributed by atoms with Crippen molar-refractivity contribution >= 4 is 17.4 Å². The number of rotatable bonds is 3. The van der Waals surface area contributed by atoms with Crippen molar-refractivity contribution in [3.63, 3.8) is 0 Å². The number of carbonyl (C=O) groups excluding carboxylic acids is 1. The number of hydrogen-bond acceptors (Lipinski definition) is 5. The highest BCUT2D eigenvalue weighted by Crippen LogP contribution is 2.14. The fourth-order valence-corrected chi connectivity index (χ4v) is 1.55. The number of nitrogens with two attached hydrogens (primary N) is 1. The molecule has 3 N–H and O–H groups in total. The maximum atomic E-state index is 11.8. The molecular weight excluding hydrogens is 232 g/mol. The average molecular weight is 246 g/mol. The predicted octanol–water partition coefficient (Wildman–Crippen LogP) is 0.511. The summed E-state index contributed by atoms with van der Waals surface area (Å²) >= 11 is 0. The van der Waals surface area contributed by atoms with E-state index >= 15 is 0 Å². The maximum Gasteiger partial charge on any atom is 0.247 e. The van der Waals surface area contributed by atoms with Crippen molar-refractivity contribution in [3.8, 4) is 0 Å². The molecule has 2 aromatic rings. The van der Waals surface area contributed by atoms with Gasteiger partial charge in [0.25, 0.3) is 0 Å². The lowest BCUT2D eigenvalue weighted by atomic mass is 10.3. The van der Waals surface area contributed by atoms with Gasteiger partial charge in [0, 0.05) is 12.4 Å². The van der Waals surface area contributed by atoms with Crippen LogP contribution in [-0.4, -0.2) is 25.7 Å². The van der Waals surface area contributed by atoms with Crippen LogP contribution >= 0.6 is 0 Å². The second kappa shape index (κ2) is 4.82. The SMILES string of the molecule is Cc1nn(CC(=O)Nc2cnccn2)c(C)c1N. The van der Waals surface area contributed by atoms with Gasteiger partial charge in [-0.2, -0.15) is 5.10 Å². The molecule has 1 amide bonds. The largest absolute Gasteiger partial charge is 0.396 e. The van der Waals surface area contributed by atoms with E-state index in [1.165, 1.54) is 18.6 Å². The number of aromatic nitrogens is 4. The third kappa shape index (κ3) is 2.45. The lowest BCUT2D eigenvalue weighted by Gasteiger charge is -2.05. The summed E-state index contributed by atoms with van der Waals surface area (Å²) in [5.41, 5.74) is 7.91. The Kier molecular flexibility index (Phi) is 3.22. The Morgan fingerprint density at radius 2 is 2.22 bits per heavy atom. The zero-order valence-electron chi connectivity index (χ0n) is 10.2. The molecule has 2 rings (SSSR count). The van der Waals surface area contributed by atoms with Gasteiger partial charge in [-0.1, -0.05) is 0 Å². The Hall–Kier alpha value is -2.44. The smallest absolute Gasteiger partial charge is 0.247 e. The quantitative estimate of drug-likeness (QED) is 0.822. The standard InChI is InChI=1S/C11H14N6O/c1-7-11(12)8(2)17(16-7)6-10(18)15-9-5-13-3-4-14-9/h3-5H,6,12H2,1-2H3,(H,14,15,18). The summed E-state index contributed by atoms with van der Waals surface area (Å²) in [6.45, 7) is 3.73. The van der Waals surface area contributed by atoms with Crippen LogP contribution in [0.5, 0.6) is 0 Å². The van der Waals surface area contributed by atoms with Crippen molar-refractivity contribution in [2.75, 3.05) is 11.1 Å². The topological polar surface area (TPSA) is 98.7 Å². The molecule has 0 bridgehead atoms. The zero-order chi connectivity index (χ0) is 13.1. The number of nitrogens with zero attached hydrogens (tertiary/aromatic N) is 4. The molecule has 94 valence electrons. The van der Waals surface area contributed by atoms with Crippen LogP contribution in [0.1, 0.15) is 11.4 Å². The Labute approximate surface area is 104 Å². The number of anilines is 2. The number of aryl methyl sites for hydroxylation is 1. The minimum Gasteiger partial charge on any atom is -0.396 e. The van der Waals surface area contributed by atoms with E-state index < -0.39 is 0 Å². The third-order valence-corrected chi connectivity index (χ3v) is 2.56. The number of hydrogen-bond donors (Lipinski definition) is 2. The molecule has 7 heteroatoms. The summed E-state index contributed by atoms with van der Waals surface area (Å²) in [4.78, 5) is 19.6. The summed E-state index contributed by atoms with van der Waals surface area (Å²) in [6.07, 6.45) is 4.53. The molecule has 0 radical (unpaired) electrons. The van der Waals surface area contributed by atoms with Crippen molar-refractivity contribution in [2.24, 2.45) is 0 Å². The van der Waals surface area contributed by atoms with Gasteiger partial charge in [-0.25, -0.2) is 4.98 Å². The van der Waals surface area contributed by atoms with E-state index in [2.05, 4.69) is 20.4 Å². The van der Waals surface area contributed by atoms with E-state index in [1.807, 2.05) is 6.92 Å². The monoisotopic (exact) mass is 246 g/mol. The average Bonchev–Trinajstić information content (AvgIpc) is 2.58. The highest BCUT2D eigenvalue weighted by molar-refractivity contribution is 5.89. The van der Waals surface area contributed by atoms with Crippen LogP contribution in [0.15, 0.2) is 18.6 Å². The van der Waals surface area contributed by atoms with E-state index in [-0.39, 0.29) is 12.5 Å². The van der Waals surface area contributed by atoms with E-state index in [4.69, 9.17) is 5.73 Å². The molecular formula is C11H14N6O. The summed E-state index contributed by atoms with van der Waals surface area (Å²) < 4.78 is 1.57. The van der Waals surface area contributed by atoms with Gasteiger partial charge in [0.2, 0.25) is 5.91 Å². The van der Waals surface area contributed by atoms with Crippen molar-refractivity contribution in [1.82, 2.24) is 19.7 Å². The first kappa shape index (κ1) is 12.0. The van der Waals surface area contributed by atoms with Gasteiger partial charge in [-0.15, -0.1) is 0 Å². The molecule has 0 aliphatic rings. The molecule has 7 nitrogen and oxygen atoms in total. The minimum absolute atomic E-state index is 0.0977. The molecule has 18 heavy (non-hydrogen) atoms. The van der Waals surface area contributed by atoms with Gasteiger partial charge in [0.15, 0.2) is 5.82 Å². The first-order valence-corrected chi connectivity index (χ1v) is 5.43. The second-order valence-corrected chi connectivity index (χ2v) is 3.88. The molecule has 0 fully saturated rings. The van der Waals surface area contributed by atoms with Crippen LogP contribution in [0.4, 0.5) is 11.5 Å². The predicted molar refractivity (Wildman–Crippen MR) is 66.8 cm³/mol. The highest BCUT2D eigenvalue weighted by atomic mass is 16.2. The van der Waals surface area contributed by atoms with Gasteiger partial charge >= 0.3 is 0 Å². The lowest BCUT2D eigenvalue weighted by Crippen LogP contribution is -2.21.